The van der Waals surface area contributed by atoms with E-state index >= 15 is 0 Å². The summed E-state index contributed by atoms with van der Waals surface area (Å²) in [6, 6.07) is 9.09. The second kappa shape index (κ2) is 8.44. The van der Waals surface area contributed by atoms with Crippen LogP contribution in [0, 0.1) is 0 Å². The molecular formula is C18H19N5O3S2. The van der Waals surface area contributed by atoms with Crippen LogP contribution in [0.3, 0.4) is 0 Å². The first-order valence-electron chi connectivity index (χ1n) is 8.29. The van der Waals surface area contributed by atoms with Gasteiger partial charge in [-0.3, -0.25) is 9.59 Å². The van der Waals surface area contributed by atoms with E-state index in [1.807, 2.05) is 35.9 Å². The lowest BCUT2D eigenvalue weighted by molar-refractivity contribution is -0.115. The SMILES string of the molecule is COc1ccc(-c2nnc(SC(C)C(=O)Nc3sccc3C(N)=O)n2C)cc1. The smallest absolute Gasteiger partial charge is 0.251 e. The predicted molar refractivity (Wildman–Crippen MR) is 110 cm³/mol. The molecule has 1 aromatic carbocycles. The monoisotopic (exact) mass is 417 g/mol. The van der Waals surface area contributed by atoms with Gasteiger partial charge in [0, 0.05) is 12.6 Å². The van der Waals surface area contributed by atoms with Crippen LogP contribution in [-0.4, -0.2) is 38.9 Å². The van der Waals surface area contributed by atoms with Crippen LogP contribution in [0.25, 0.3) is 11.4 Å². The van der Waals surface area contributed by atoms with Gasteiger partial charge in [0.05, 0.1) is 17.9 Å². The van der Waals surface area contributed by atoms with Crippen molar-refractivity contribution in [3.63, 3.8) is 0 Å². The Labute approximate surface area is 170 Å². The number of nitrogens with two attached hydrogens (primary N) is 1. The van der Waals surface area contributed by atoms with E-state index in [-0.39, 0.29) is 5.91 Å². The molecule has 28 heavy (non-hydrogen) atoms. The molecule has 0 fully saturated rings. The molecule has 1 unspecified atom stereocenters. The first-order valence-corrected chi connectivity index (χ1v) is 10.0. The average Bonchev–Trinajstić information content (AvgIpc) is 3.29. The van der Waals surface area contributed by atoms with E-state index in [1.54, 1.807) is 25.5 Å². The number of hydrogen-bond donors (Lipinski definition) is 2. The molecule has 0 saturated heterocycles. The number of amides is 2. The van der Waals surface area contributed by atoms with E-state index in [4.69, 9.17) is 10.5 Å². The van der Waals surface area contributed by atoms with Gasteiger partial charge in [-0.2, -0.15) is 0 Å². The summed E-state index contributed by atoms with van der Waals surface area (Å²) in [4.78, 5) is 23.9. The van der Waals surface area contributed by atoms with Crippen molar-refractivity contribution in [2.24, 2.45) is 12.8 Å². The summed E-state index contributed by atoms with van der Waals surface area (Å²) < 4.78 is 7.00. The van der Waals surface area contributed by atoms with Gasteiger partial charge in [0.1, 0.15) is 10.8 Å². The number of ether oxygens (including phenoxy) is 1. The molecule has 3 aromatic rings. The maximum absolute atomic E-state index is 12.5. The highest BCUT2D eigenvalue weighted by atomic mass is 32.2. The van der Waals surface area contributed by atoms with Crippen molar-refractivity contribution in [3.05, 3.63) is 41.3 Å². The Morgan fingerprint density at radius 3 is 2.61 bits per heavy atom. The number of benzene rings is 1. The number of hydrogen-bond acceptors (Lipinski definition) is 7. The van der Waals surface area contributed by atoms with E-state index in [1.165, 1.54) is 23.1 Å². The zero-order valence-corrected chi connectivity index (χ0v) is 17.1. The van der Waals surface area contributed by atoms with Crippen molar-refractivity contribution in [1.82, 2.24) is 14.8 Å². The third-order valence-corrected chi connectivity index (χ3v) is 5.97. The number of methoxy groups -OCH3 is 1. The summed E-state index contributed by atoms with van der Waals surface area (Å²) in [6.45, 7) is 1.76. The standard InChI is InChI=1S/C18H19N5O3S2/c1-10(16(25)20-17-13(14(19)24)8-9-27-17)28-18-22-21-15(23(18)2)11-4-6-12(26-3)7-5-11/h4-10H,1-3H3,(H2,19,24)(H,20,25). The number of thioether (sulfide) groups is 1. The van der Waals surface area contributed by atoms with Crippen LogP contribution in [0.4, 0.5) is 5.00 Å². The fourth-order valence-corrected chi connectivity index (χ4v) is 4.04. The van der Waals surface area contributed by atoms with Gasteiger partial charge >= 0.3 is 0 Å². The minimum Gasteiger partial charge on any atom is -0.497 e. The molecular weight excluding hydrogens is 398 g/mol. The normalized spacial score (nSPS) is 11.8. The molecule has 8 nitrogen and oxygen atoms in total. The lowest BCUT2D eigenvalue weighted by Gasteiger charge is -2.11. The Morgan fingerprint density at radius 1 is 1.25 bits per heavy atom. The summed E-state index contributed by atoms with van der Waals surface area (Å²) in [7, 11) is 3.46. The first kappa shape index (κ1) is 19.9. The molecule has 1 atom stereocenters. The van der Waals surface area contributed by atoms with Gasteiger partial charge in [-0.1, -0.05) is 11.8 Å². The van der Waals surface area contributed by atoms with E-state index in [0.717, 1.165) is 11.3 Å². The van der Waals surface area contributed by atoms with Gasteiger partial charge in [0.15, 0.2) is 11.0 Å². The Morgan fingerprint density at radius 2 is 1.96 bits per heavy atom. The zero-order chi connectivity index (χ0) is 20.3. The second-order valence-electron chi connectivity index (χ2n) is 5.87. The van der Waals surface area contributed by atoms with Crippen molar-refractivity contribution in [2.75, 3.05) is 12.4 Å². The van der Waals surface area contributed by atoms with Gasteiger partial charge in [-0.25, -0.2) is 0 Å². The Balaban J connectivity index is 1.71. The van der Waals surface area contributed by atoms with Crippen LogP contribution < -0.4 is 15.8 Å². The fraction of sp³-hybridized carbons (Fsp3) is 0.222. The van der Waals surface area contributed by atoms with Crippen LogP contribution in [0.2, 0.25) is 0 Å². The van der Waals surface area contributed by atoms with Crippen LogP contribution in [0.15, 0.2) is 40.9 Å². The van der Waals surface area contributed by atoms with Crippen LogP contribution in [0.5, 0.6) is 5.75 Å². The number of nitrogens with one attached hydrogen (secondary N) is 1. The number of anilines is 1. The zero-order valence-electron chi connectivity index (χ0n) is 15.5. The van der Waals surface area contributed by atoms with Crippen molar-refractivity contribution < 1.29 is 14.3 Å². The predicted octanol–water partition coefficient (Wildman–Crippen LogP) is 2.77. The second-order valence-corrected chi connectivity index (χ2v) is 8.09. The minimum absolute atomic E-state index is 0.246. The van der Waals surface area contributed by atoms with Gasteiger partial charge in [-0.05, 0) is 42.6 Å². The lowest BCUT2D eigenvalue weighted by Crippen LogP contribution is -2.24. The Kier molecular flexibility index (Phi) is 6.00. The minimum atomic E-state index is -0.575. The van der Waals surface area contributed by atoms with Gasteiger partial charge in [0.2, 0.25) is 5.91 Å². The molecule has 0 aliphatic rings. The third kappa shape index (κ3) is 4.18. The average molecular weight is 418 g/mol. The molecule has 0 spiro atoms. The number of primary amides is 1. The van der Waals surface area contributed by atoms with Gasteiger partial charge in [-0.15, -0.1) is 21.5 Å². The molecule has 2 aromatic heterocycles. The molecule has 0 aliphatic heterocycles. The molecule has 0 saturated carbocycles. The summed E-state index contributed by atoms with van der Waals surface area (Å²) in [5.41, 5.74) is 6.51. The van der Waals surface area contributed by atoms with Gasteiger partial charge in [0.25, 0.3) is 5.91 Å². The van der Waals surface area contributed by atoms with Crippen LogP contribution >= 0.6 is 23.1 Å². The molecule has 0 bridgehead atoms. The van der Waals surface area contributed by atoms with Crippen molar-refractivity contribution in [2.45, 2.75) is 17.3 Å². The maximum Gasteiger partial charge on any atom is 0.251 e. The summed E-state index contributed by atoms with van der Waals surface area (Å²) in [5, 5.41) is 13.5. The van der Waals surface area contributed by atoms with Crippen LogP contribution in [-0.2, 0) is 11.8 Å². The quantitative estimate of drug-likeness (QED) is 0.572. The largest absolute Gasteiger partial charge is 0.497 e. The molecule has 0 radical (unpaired) electrons. The van der Waals surface area contributed by atoms with E-state index in [2.05, 4.69) is 15.5 Å². The topological polar surface area (TPSA) is 112 Å². The highest BCUT2D eigenvalue weighted by Crippen LogP contribution is 2.28. The van der Waals surface area contributed by atoms with Crippen molar-refractivity contribution in [3.8, 4) is 17.1 Å². The van der Waals surface area contributed by atoms with Crippen LogP contribution in [0.1, 0.15) is 17.3 Å². The Hall–Kier alpha value is -2.85. The number of rotatable bonds is 7. The third-order valence-electron chi connectivity index (χ3n) is 4.00. The van der Waals surface area contributed by atoms with E-state index < -0.39 is 11.2 Å². The van der Waals surface area contributed by atoms with Crippen molar-refractivity contribution in [1.29, 1.82) is 0 Å². The molecule has 2 heterocycles. The van der Waals surface area contributed by atoms with Crippen molar-refractivity contribution >= 4 is 39.9 Å². The molecule has 0 aliphatic carbocycles. The molecule has 3 N–H and O–H groups in total. The molecule has 2 amide bonds. The summed E-state index contributed by atoms with van der Waals surface area (Å²) in [6.07, 6.45) is 0. The number of nitrogens with zero attached hydrogens (tertiary/aromatic N) is 3. The summed E-state index contributed by atoms with van der Waals surface area (Å²) in [5.74, 6) is 0.625. The molecule has 3 rings (SSSR count). The number of aromatic nitrogens is 3. The highest BCUT2D eigenvalue weighted by Gasteiger charge is 2.21. The fourth-order valence-electron chi connectivity index (χ4n) is 2.43. The van der Waals surface area contributed by atoms with E-state index in [0.29, 0.717) is 21.5 Å². The highest BCUT2D eigenvalue weighted by molar-refractivity contribution is 8.00. The summed E-state index contributed by atoms with van der Waals surface area (Å²) >= 11 is 2.53. The maximum atomic E-state index is 12.5. The molecule has 10 heteroatoms. The number of carbonyl (C=O) groups is 2. The first-order chi connectivity index (χ1) is 13.4. The molecule has 146 valence electrons. The van der Waals surface area contributed by atoms with Gasteiger partial charge < -0.3 is 20.4 Å². The Bertz CT molecular complexity index is 997. The number of thiophene rings is 1. The van der Waals surface area contributed by atoms with E-state index in [9.17, 15) is 9.59 Å². The number of carbonyl (C=O) groups excluding carboxylic acids is 2. The lowest BCUT2D eigenvalue weighted by atomic mass is 10.2.